The Kier molecular flexibility index (Phi) is 4.75. The second kappa shape index (κ2) is 7.50. The molecule has 0 unspecified atom stereocenters. The minimum atomic E-state index is 0.179. The molecule has 0 saturated heterocycles. The number of aromatic nitrogens is 2. The van der Waals surface area contributed by atoms with Crippen molar-refractivity contribution in [3.63, 3.8) is 0 Å². The molecule has 27 heavy (non-hydrogen) atoms. The molecule has 136 valence electrons. The highest BCUT2D eigenvalue weighted by atomic mass is 16.5. The van der Waals surface area contributed by atoms with Crippen LogP contribution >= 0.6 is 0 Å². The number of nitrogen functional groups attached to an aromatic ring is 1. The zero-order chi connectivity index (χ0) is 18.6. The first-order chi connectivity index (χ1) is 13.2. The Hall–Kier alpha value is -3.33. The molecule has 6 heteroatoms. The summed E-state index contributed by atoms with van der Waals surface area (Å²) in [7, 11) is 0. The van der Waals surface area contributed by atoms with Crippen molar-refractivity contribution in [1.29, 1.82) is 5.26 Å². The molecule has 0 atom stereocenters. The van der Waals surface area contributed by atoms with Gasteiger partial charge in [-0.05, 0) is 49.9 Å². The molecule has 4 rings (SSSR count). The number of nitriles is 1. The number of hydrogen-bond donors (Lipinski definition) is 1. The number of hydrogen-bond acceptors (Lipinski definition) is 6. The van der Waals surface area contributed by atoms with Crippen molar-refractivity contribution in [3.8, 4) is 34.5 Å². The fourth-order valence-electron chi connectivity index (χ4n) is 3.40. The second-order valence-electron chi connectivity index (χ2n) is 6.67. The standard InChI is InChI=1S/C21H20N4O2/c22-12-15-11-17(20(25-21(15)23)18-7-4-10-26-18)14-8-9-19(24-13-14)27-16-5-2-1-3-6-16/h4,7-11,13,16H,1-3,5-6H2,(H2,23,25). The van der Waals surface area contributed by atoms with E-state index in [2.05, 4.69) is 16.0 Å². The van der Waals surface area contributed by atoms with E-state index in [0.29, 0.717) is 22.9 Å². The van der Waals surface area contributed by atoms with Crippen molar-refractivity contribution in [2.24, 2.45) is 0 Å². The molecule has 2 N–H and O–H groups in total. The quantitative estimate of drug-likeness (QED) is 0.732. The summed E-state index contributed by atoms with van der Waals surface area (Å²) in [6.45, 7) is 0. The molecule has 3 aromatic heterocycles. The first kappa shape index (κ1) is 17.1. The van der Waals surface area contributed by atoms with Crippen LogP contribution in [0.3, 0.4) is 0 Å². The van der Waals surface area contributed by atoms with Gasteiger partial charge in [0.1, 0.15) is 23.7 Å². The molecule has 0 bridgehead atoms. The van der Waals surface area contributed by atoms with E-state index in [9.17, 15) is 5.26 Å². The predicted octanol–water partition coefficient (Wildman–Crippen LogP) is 4.57. The van der Waals surface area contributed by atoms with Gasteiger partial charge in [-0.15, -0.1) is 0 Å². The Morgan fingerprint density at radius 3 is 2.70 bits per heavy atom. The van der Waals surface area contributed by atoms with E-state index in [1.54, 1.807) is 24.6 Å². The number of pyridine rings is 2. The molecule has 1 fully saturated rings. The van der Waals surface area contributed by atoms with Gasteiger partial charge in [-0.1, -0.05) is 6.42 Å². The summed E-state index contributed by atoms with van der Waals surface area (Å²) in [4.78, 5) is 8.84. The van der Waals surface area contributed by atoms with E-state index < -0.39 is 0 Å². The lowest BCUT2D eigenvalue weighted by atomic mass is 9.98. The first-order valence-electron chi connectivity index (χ1n) is 9.12. The lowest BCUT2D eigenvalue weighted by molar-refractivity contribution is 0.148. The summed E-state index contributed by atoms with van der Waals surface area (Å²) in [5, 5.41) is 9.31. The monoisotopic (exact) mass is 360 g/mol. The summed E-state index contributed by atoms with van der Waals surface area (Å²) in [6.07, 6.45) is 9.44. The molecule has 3 heterocycles. The van der Waals surface area contributed by atoms with Gasteiger partial charge in [-0.25, -0.2) is 9.97 Å². The van der Waals surface area contributed by atoms with Crippen LogP contribution in [0.25, 0.3) is 22.6 Å². The van der Waals surface area contributed by atoms with Crippen molar-refractivity contribution in [1.82, 2.24) is 9.97 Å². The predicted molar refractivity (Wildman–Crippen MR) is 102 cm³/mol. The Bertz CT molecular complexity index is 953. The average molecular weight is 360 g/mol. The van der Waals surface area contributed by atoms with Gasteiger partial charge >= 0.3 is 0 Å². The zero-order valence-corrected chi connectivity index (χ0v) is 14.9. The van der Waals surface area contributed by atoms with E-state index in [0.717, 1.165) is 24.0 Å². The average Bonchev–Trinajstić information content (AvgIpc) is 3.24. The Balaban J connectivity index is 1.67. The largest absolute Gasteiger partial charge is 0.474 e. The summed E-state index contributed by atoms with van der Waals surface area (Å²) in [5.41, 5.74) is 8.37. The van der Waals surface area contributed by atoms with Crippen molar-refractivity contribution < 1.29 is 9.15 Å². The van der Waals surface area contributed by atoms with Gasteiger partial charge < -0.3 is 14.9 Å². The van der Waals surface area contributed by atoms with Crippen LogP contribution in [-0.2, 0) is 0 Å². The topological polar surface area (TPSA) is 98.0 Å². The number of rotatable bonds is 4. The smallest absolute Gasteiger partial charge is 0.213 e. The van der Waals surface area contributed by atoms with Crippen LogP contribution in [-0.4, -0.2) is 16.1 Å². The van der Waals surface area contributed by atoms with Gasteiger partial charge in [0.2, 0.25) is 5.88 Å². The fourth-order valence-corrected chi connectivity index (χ4v) is 3.40. The van der Waals surface area contributed by atoms with Crippen LogP contribution in [0.5, 0.6) is 5.88 Å². The molecule has 0 spiro atoms. The van der Waals surface area contributed by atoms with Crippen LogP contribution in [0.4, 0.5) is 5.82 Å². The lowest BCUT2D eigenvalue weighted by Gasteiger charge is -2.22. The van der Waals surface area contributed by atoms with Gasteiger partial charge in [-0.2, -0.15) is 5.26 Å². The molecule has 1 saturated carbocycles. The zero-order valence-electron chi connectivity index (χ0n) is 14.9. The third-order valence-electron chi connectivity index (χ3n) is 4.81. The van der Waals surface area contributed by atoms with E-state index in [1.165, 1.54) is 19.3 Å². The molecule has 3 aromatic rings. The maximum Gasteiger partial charge on any atom is 0.213 e. The molecule has 0 aliphatic heterocycles. The molecular formula is C21H20N4O2. The van der Waals surface area contributed by atoms with Crippen molar-refractivity contribution in [3.05, 3.63) is 48.4 Å². The van der Waals surface area contributed by atoms with Crippen LogP contribution < -0.4 is 10.5 Å². The molecule has 0 radical (unpaired) electrons. The first-order valence-corrected chi connectivity index (χ1v) is 9.12. The Morgan fingerprint density at radius 1 is 1.19 bits per heavy atom. The summed E-state index contributed by atoms with van der Waals surface area (Å²) in [5.74, 6) is 1.38. The van der Waals surface area contributed by atoms with Crippen molar-refractivity contribution in [2.45, 2.75) is 38.2 Å². The SMILES string of the molecule is N#Cc1cc(-c2ccc(OC3CCCCC3)nc2)c(-c2ccco2)nc1N. The van der Waals surface area contributed by atoms with E-state index in [4.69, 9.17) is 14.9 Å². The third-order valence-corrected chi connectivity index (χ3v) is 4.81. The number of furan rings is 1. The van der Waals surface area contributed by atoms with Gasteiger partial charge in [-0.3, -0.25) is 0 Å². The molecular weight excluding hydrogens is 340 g/mol. The number of nitrogens with zero attached hydrogens (tertiary/aromatic N) is 3. The van der Waals surface area contributed by atoms with Crippen LogP contribution in [0.15, 0.2) is 47.2 Å². The van der Waals surface area contributed by atoms with E-state index >= 15 is 0 Å². The van der Waals surface area contributed by atoms with Crippen LogP contribution in [0, 0.1) is 11.3 Å². The fraction of sp³-hybridized carbons (Fsp3) is 0.286. The summed E-state index contributed by atoms with van der Waals surface area (Å²) in [6, 6.07) is 11.2. The molecule has 6 nitrogen and oxygen atoms in total. The molecule has 0 amide bonds. The molecule has 1 aliphatic rings. The van der Waals surface area contributed by atoms with Gasteiger partial charge in [0.15, 0.2) is 5.76 Å². The Labute approximate surface area is 157 Å². The highest BCUT2D eigenvalue weighted by molar-refractivity contribution is 5.81. The minimum Gasteiger partial charge on any atom is -0.474 e. The van der Waals surface area contributed by atoms with Gasteiger partial charge in [0.25, 0.3) is 0 Å². The highest BCUT2D eigenvalue weighted by Crippen LogP contribution is 2.33. The minimum absolute atomic E-state index is 0.179. The maximum atomic E-state index is 9.31. The van der Waals surface area contributed by atoms with Crippen molar-refractivity contribution in [2.75, 3.05) is 5.73 Å². The van der Waals surface area contributed by atoms with Crippen molar-refractivity contribution >= 4 is 5.82 Å². The summed E-state index contributed by atoms with van der Waals surface area (Å²) >= 11 is 0. The summed E-state index contributed by atoms with van der Waals surface area (Å²) < 4.78 is 11.5. The molecule has 0 aromatic carbocycles. The maximum absolute atomic E-state index is 9.31. The normalized spacial score (nSPS) is 14.6. The lowest BCUT2D eigenvalue weighted by Crippen LogP contribution is -2.20. The Morgan fingerprint density at radius 2 is 2.04 bits per heavy atom. The number of ether oxygens (including phenoxy) is 1. The molecule has 1 aliphatic carbocycles. The highest BCUT2D eigenvalue weighted by Gasteiger charge is 2.18. The van der Waals surface area contributed by atoms with E-state index in [1.807, 2.05) is 18.2 Å². The van der Waals surface area contributed by atoms with Gasteiger partial charge in [0, 0.05) is 23.4 Å². The third kappa shape index (κ3) is 3.63. The number of anilines is 1. The van der Waals surface area contributed by atoms with E-state index in [-0.39, 0.29) is 11.9 Å². The van der Waals surface area contributed by atoms with Crippen LogP contribution in [0.2, 0.25) is 0 Å². The van der Waals surface area contributed by atoms with Gasteiger partial charge in [0.05, 0.1) is 11.8 Å². The number of nitrogens with two attached hydrogens (primary N) is 1. The van der Waals surface area contributed by atoms with Crippen LogP contribution in [0.1, 0.15) is 37.7 Å². The second-order valence-corrected chi connectivity index (χ2v) is 6.67.